The molecule has 0 spiro atoms. The molecule has 5 aromatic carbocycles. The molecule has 0 unspecified atom stereocenters. The van der Waals surface area contributed by atoms with E-state index in [-0.39, 0.29) is 5.41 Å². The molecule has 0 saturated carbocycles. The standard InChI is InChI=1S/C39H27N3/c1-39(2)31-14-5-3-12-28(31)29-19-21-34-35(36(29)39)30-13-4-6-15-33(30)42(34)27-11-7-9-26(23-27)32-20-18-25-17-16-24-10-8-22-40-37(24)38(25)41-32/h3-23H,1-2H3. The van der Waals surface area contributed by atoms with Crippen LogP contribution in [0.25, 0.3) is 71.7 Å². The SMILES string of the molecule is CC1(C)c2ccccc2-c2ccc3c(c21)c1ccccc1n3-c1cccc(-c2ccc3ccc4cccnc4c3n2)c1. The fourth-order valence-corrected chi connectivity index (χ4v) is 7.30. The van der Waals surface area contributed by atoms with Gasteiger partial charge in [0, 0.05) is 44.4 Å². The molecule has 198 valence electrons. The Kier molecular flexibility index (Phi) is 4.67. The van der Waals surface area contributed by atoms with Crippen LogP contribution in [0, 0.1) is 0 Å². The monoisotopic (exact) mass is 537 g/mol. The van der Waals surface area contributed by atoms with E-state index >= 15 is 0 Å². The van der Waals surface area contributed by atoms with Gasteiger partial charge in [0.15, 0.2) is 0 Å². The van der Waals surface area contributed by atoms with Crippen molar-refractivity contribution in [1.29, 1.82) is 0 Å². The molecule has 0 saturated heterocycles. The highest BCUT2D eigenvalue weighted by atomic mass is 15.0. The fourth-order valence-electron chi connectivity index (χ4n) is 7.30. The predicted octanol–water partition coefficient (Wildman–Crippen LogP) is 9.85. The van der Waals surface area contributed by atoms with Crippen molar-refractivity contribution in [2.75, 3.05) is 0 Å². The van der Waals surface area contributed by atoms with Gasteiger partial charge in [-0.25, -0.2) is 4.98 Å². The maximum Gasteiger partial charge on any atom is 0.0972 e. The van der Waals surface area contributed by atoms with Gasteiger partial charge in [-0.1, -0.05) is 98.8 Å². The van der Waals surface area contributed by atoms with Crippen LogP contribution in [0.2, 0.25) is 0 Å². The molecule has 3 heteroatoms. The molecule has 0 atom stereocenters. The van der Waals surface area contributed by atoms with E-state index in [1.54, 1.807) is 0 Å². The van der Waals surface area contributed by atoms with E-state index in [2.05, 4.69) is 139 Å². The van der Waals surface area contributed by atoms with Gasteiger partial charge in [-0.15, -0.1) is 0 Å². The number of pyridine rings is 2. The van der Waals surface area contributed by atoms with Gasteiger partial charge in [-0.3, -0.25) is 4.98 Å². The molecule has 0 aliphatic heterocycles. The van der Waals surface area contributed by atoms with Crippen molar-refractivity contribution in [2.45, 2.75) is 19.3 Å². The molecular formula is C39H27N3. The van der Waals surface area contributed by atoms with Crippen LogP contribution >= 0.6 is 0 Å². The second-order valence-corrected chi connectivity index (χ2v) is 11.9. The molecule has 3 nitrogen and oxygen atoms in total. The van der Waals surface area contributed by atoms with Crippen LogP contribution in [0.5, 0.6) is 0 Å². The third-order valence-electron chi connectivity index (χ3n) is 9.19. The van der Waals surface area contributed by atoms with Crippen LogP contribution in [0.4, 0.5) is 0 Å². The quantitative estimate of drug-likeness (QED) is 0.205. The first-order valence-corrected chi connectivity index (χ1v) is 14.5. The number of para-hydroxylation sites is 1. The van der Waals surface area contributed by atoms with Gasteiger partial charge in [0.25, 0.3) is 0 Å². The molecule has 3 heterocycles. The number of hydrogen-bond acceptors (Lipinski definition) is 2. The molecule has 8 aromatic rings. The molecule has 3 aromatic heterocycles. The molecule has 0 bridgehead atoms. The number of nitrogens with zero attached hydrogens (tertiary/aromatic N) is 3. The van der Waals surface area contributed by atoms with Gasteiger partial charge >= 0.3 is 0 Å². The molecule has 0 N–H and O–H groups in total. The lowest BCUT2D eigenvalue weighted by Crippen LogP contribution is -2.15. The largest absolute Gasteiger partial charge is 0.309 e. The minimum absolute atomic E-state index is 0.0892. The first-order valence-electron chi connectivity index (χ1n) is 14.5. The van der Waals surface area contributed by atoms with E-state index < -0.39 is 0 Å². The minimum atomic E-state index is -0.0892. The molecule has 0 amide bonds. The van der Waals surface area contributed by atoms with Gasteiger partial charge < -0.3 is 4.57 Å². The zero-order chi connectivity index (χ0) is 28.0. The summed E-state index contributed by atoms with van der Waals surface area (Å²) >= 11 is 0. The summed E-state index contributed by atoms with van der Waals surface area (Å²) in [7, 11) is 0. The Bertz CT molecular complexity index is 2390. The van der Waals surface area contributed by atoms with Crippen molar-refractivity contribution in [3.63, 3.8) is 0 Å². The molecule has 1 aliphatic carbocycles. The third-order valence-corrected chi connectivity index (χ3v) is 9.19. The molecular weight excluding hydrogens is 510 g/mol. The number of rotatable bonds is 2. The van der Waals surface area contributed by atoms with Crippen LogP contribution in [-0.2, 0) is 5.41 Å². The van der Waals surface area contributed by atoms with E-state index in [1.807, 2.05) is 12.3 Å². The maximum absolute atomic E-state index is 5.14. The van der Waals surface area contributed by atoms with Gasteiger partial charge in [0.1, 0.15) is 0 Å². The fraction of sp³-hybridized carbons (Fsp3) is 0.0769. The lowest BCUT2D eigenvalue weighted by Gasteiger charge is -2.22. The van der Waals surface area contributed by atoms with Gasteiger partial charge in [-0.05, 0) is 58.7 Å². The second-order valence-electron chi connectivity index (χ2n) is 11.9. The summed E-state index contributed by atoms with van der Waals surface area (Å²) in [6.07, 6.45) is 1.84. The minimum Gasteiger partial charge on any atom is -0.309 e. The summed E-state index contributed by atoms with van der Waals surface area (Å²) in [6, 6.07) is 43.7. The second kappa shape index (κ2) is 8.37. The van der Waals surface area contributed by atoms with E-state index in [1.165, 1.54) is 44.1 Å². The number of fused-ring (bicyclic) bond motifs is 10. The summed E-state index contributed by atoms with van der Waals surface area (Å²) in [5.74, 6) is 0. The average molecular weight is 538 g/mol. The maximum atomic E-state index is 5.14. The summed E-state index contributed by atoms with van der Waals surface area (Å²) in [5, 5.41) is 4.83. The van der Waals surface area contributed by atoms with Gasteiger partial charge in [0.2, 0.25) is 0 Å². The number of benzene rings is 5. The van der Waals surface area contributed by atoms with Crippen LogP contribution < -0.4 is 0 Å². The van der Waals surface area contributed by atoms with Crippen LogP contribution in [-0.4, -0.2) is 14.5 Å². The van der Waals surface area contributed by atoms with Crippen molar-refractivity contribution in [2.24, 2.45) is 0 Å². The average Bonchev–Trinajstić information content (AvgIpc) is 3.49. The molecule has 0 fully saturated rings. The van der Waals surface area contributed by atoms with E-state index in [4.69, 9.17) is 4.98 Å². The van der Waals surface area contributed by atoms with Crippen LogP contribution in [0.15, 0.2) is 128 Å². The predicted molar refractivity (Wildman–Crippen MR) is 174 cm³/mol. The number of aromatic nitrogens is 3. The molecule has 0 radical (unpaired) electrons. The highest BCUT2D eigenvalue weighted by Gasteiger charge is 2.37. The highest BCUT2D eigenvalue weighted by Crippen LogP contribution is 2.53. The van der Waals surface area contributed by atoms with E-state index in [0.29, 0.717) is 0 Å². The first-order chi connectivity index (χ1) is 20.6. The summed E-state index contributed by atoms with van der Waals surface area (Å²) in [6.45, 7) is 4.74. The zero-order valence-electron chi connectivity index (χ0n) is 23.5. The van der Waals surface area contributed by atoms with Gasteiger partial charge in [-0.2, -0.15) is 0 Å². The van der Waals surface area contributed by atoms with Crippen molar-refractivity contribution < 1.29 is 0 Å². The van der Waals surface area contributed by atoms with Crippen molar-refractivity contribution >= 4 is 43.6 Å². The smallest absolute Gasteiger partial charge is 0.0972 e. The third kappa shape index (κ3) is 3.11. The van der Waals surface area contributed by atoms with E-state index in [0.717, 1.165) is 38.8 Å². The first kappa shape index (κ1) is 23.4. The summed E-state index contributed by atoms with van der Waals surface area (Å²) in [4.78, 5) is 9.80. The zero-order valence-corrected chi connectivity index (χ0v) is 23.5. The Balaban J connectivity index is 1.29. The Labute approximate surface area is 243 Å². The summed E-state index contributed by atoms with van der Waals surface area (Å²) in [5.41, 5.74) is 12.9. The Hall–Kier alpha value is -5.28. The van der Waals surface area contributed by atoms with Gasteiger partial charge in [0.05, 0.1) is 27.8 Å². The Morgan fingerprint density at radius 1 is 0.619 bits per heavy atom. The van der Waals surface area contributed by atoms with Crippen LogP contribution in [0.1, 0.15) is 25.0 Å². The highest BCUT2D eigenvalue weighted by molar-refractivity contribution is 6.14. The topological polar surface area (TPSA) is 30.7 Å². The lowest BCUT2D eigenvalue weighted by atomic mass is 9.80. The van der Waals surface area contributed by atoms with Crippen molar-refractivity contribution in [3.05, 3.63) is 139 Å². The Morgan fingerprint density at radius 2 is 1.43 bits per heavy atom. The molecule has 42 heavy (non-hydrogen) atoms. The normalized spacial score (nSPS) is 13.7. The number of hydrogen-bond donors (Lipinski definition) is 0. The van der Waals surface area contributed by atoms with E-state index in [9.17, 15) is 0 Å². The summed E-state index contributed by atoms with van der Waals surface area (Å²) < 4.78 is 2.42. The molecule has 9 rings (SSSR count). The van der Waals surface area contributed by atoms with Crippen molar-refractivity contribution in [3.8, 4) is 28.1 Å². The molecule has 1 aliphatic rings. The lowest BCUT2D eigenvalue weighted by molar-refractivity contribution is 0.666. The van der Waals surface area contributed by atoms with Crippen LogP contribution in [0.3, 0.4) is 0 Å². The van der Waals surface area contributed by atoms with Crippen molar-refractivity contribution in [1.82, 2.24) is 14.5 Å². The Morgan fingerprint density at radius 3 is 2.36 bits per heavy atom.